The Kier molecular flexibility index (Phi) is 18.0. The number of anilines is 1. The molecule has 1 N–H and O–H groups in total. The molecule has 4 atom stereocenters. The normalized spacial score (nSPS) is 16.8. The molecule has 1 aliphatic heterocycles. The number of esters is 1. The smallest absolute Gasteiger partial charge is 0.471 e. The molecule has 1 aromatic heterocycles. The first kappa shape index (κ1) is 51.7. The maximum atomic E-state index is 15.3. The summed E-state index contributed by atoms with van der Waals surface area (Å²) < 4.78 is 86.1. The van der Waals surface area contributed by atoms with E-state index in [0.717, 1.165) is 5.56 Å². The lowest BCUT2D eigenvalue weighted by molar-refractivity contribution is -0.114. The molecule has 18 heteroatoms. The number of nitrogens with zero attached hydrogens (tertiary/aromatic N) is 2. The summed E-state index contributed by atoms with van der Waals surface area (Å²) in [6, 6.07) is 53.5. The van der Waals surface area contributed by atoms with Crippen LogP contribution in [0.5, 0.6) is 5.88 Å². The number of aryl methyl sites for hydroxylation is 1. The fourth-order valence-electron chi connectivity index (χ4n) is 7.38. The van der Waals surface area contributed by atoms with Gasteiger partial charge in [0.05, 0.1) is 44.3 Å². The van der Waals surface area contributed by atoms with Gasteiger partial charge < -0.3 is 19.5 Å². The lowest BCUT2D eigenvalue weighted by Gasteiger charge is -2.28. The van der Waals surface area contributed by atoms with E-state index in [2.05, 4.69) is 10.3 Å². The van der Waals surface area contributed by atoms with Crippen molar-refractivity contribution >= 4 is 33.3 Å². The number of ether oxygens (including phenoxy) is 3. The average molecular weight is 1010 g/mol. The van der Waals surface area contributed by atoms with Gasteiger partial charge in [-0.3, -0.25) is 31.9 Å². The van der Waals surface area contributed by atoms with E-state index in [9.17, 15) is 14.2 Å². The van der Waals surface area contributed by atoms with Crippen molar-refractivity contribution in [2.45, 2.75) is 71.3 Å². The Morgan fingerprint density at radius 3 is 1.40 bits per heavy atom. The van der Waals surface area contributed by atoms with E-state index in [1.54, 1.807) is 134 Å². The van der Waals surface area contributed by atoms with Gasteiger partial charge in [-0.2, -0.15) is 4.98 Å². The van der Waals surface area contributed by atoms with Crippen LogP contribution in [0.3, 0.4) is 0 Å². The Labute approximate surface area is 417 Å². The molecule has 6 aromatic carbocycles. The van der Waals surface area contributed by atoms with Crippen molar-refractivity contribution in [1.82, 2.24) is 9.97 Å². The van der Waals surface area contributed by atoms with Gasteiger partial charge >= 0.3 is 21.6 Å². The molecule has 72 heavy (non-hydrogen) atoms. The van der Waals surface area contributed by atoms with E-state index in [1.807, 2.05) is 54.6 Å². The lowest BCUT2D eigenvalue weighted by Crippen LogP contribution is -2.39. The van der Waals surface area contributed by atoms with Crippen LogP contribution in [0, 0.1) is 6.92 Å². The number of hydrogen-bond donors (Lipinski definition) is 1. The zero-order valence-corrected chi connectivity index (χ0v) is 41.3. The second-order valence-corrected chi connectivity index (χ2v) is 19.7. The summed E-state index contributed by atoms with van der Waals surface area (Å²) in [5.74, 6) is -1.36. The number of carbonyl (C=O) groups excluding carboxylic acids is 2. The van der Waals surface area contributed by atoms with Gasteiger partial charge in [0.1, 0.15) is 30.6 Å². The predicted molar refractivity (Wildman–Crippen MR) is 266 cm³/mol. The molecule has 0 bridgehead atoms. The number of amides is 1. The molecular weight excluding hydrogens is 961 g/mol. The molecule has 1 amide bonds. The first-order chi connectivity index (χ1) is 35.0. The summed E-state index contributed by atoms with van der Waals surface area (Å²) in [4.78, 5) is 36.7. The minimum atomic E-state index is -4.75. The zero-order valence-electron chi connectivity index (χ0n) is 39.5. The third kappa shape index (κ3) is 14.7. The molecule has 1 saturated heterocycles. The van der Waals surface area contributed by atoms with E-state index in [0.29, 0.717) is 22.3 Å². The molecule has 0 unspecified atom stereocenters. The molecule has 1 fully saturated rings. The van der Waals surface area contributed by atoms with Crippen molar-refractivity contribution < 1.29 is 60.1 Å². The summed E-state index contributed by atoms with van der Waals surface area (Å²) in [5, 5.41) is 2.72. The Balaban J connectivity index is 1.20. The minimum Gasteiger partial charge on any atom is -0.471 e. The number of aromatic nitrogens is 2. The molecule has 0 aliphatic carbocycles. The van der Waals surface area contributed by atoms with Gasteiger partial charge in [0.15, 0.2) is 11.9 Å². The van der Waals surface area contributed by atoms with Crippen molar-refractivity contribution in [3.05, 3.63) is 227 Å². The summed E-state index contributed by atoms with van der Waals surface area (Å²) in [5.41, 5.74) is 3.91. The second kappa shape index (κ2) is 25.1. The van der Waals surface area contributed by atoms with Gasteiger partial charge in [0.25, 0.3) is 0 Å². The predicted octanol–water partition coefficient (Wildman–Crippen LogP) is 11.5. The van der Waals surface area contributed by atoms with Crippen molar-refractivity contribution in [1.29, 1.82) is 0 Å². The van der Waals surface area contributed by atoms with Gasteiger partial charge in [0, 0.05) is 6.92 Å². The van der Waals surface area contributed by atoms with Crippen LogP contribution in [-0.2, 0) is 83.6 Å². The maximum Gasteiger partial charge on any atom is 0.475 e. The van der Waals surface area contributed by atoms with Crippen LogP contribution < -0.4 is 10.1 Å². The zero-order chi connectivity index (χ0) is 50.2. The Morgan fingerprint density at radius 1 is 0.542 bits per heavy atom. The minimum absolute atomic E-state index is 0.0224. The monoisotopic (exact) mass is 1010 g/mol. The van der Waals surface area contributed by atoms with E-state index >= 15 is 4.57 Å². The topological polar surface area (TPSA) is 189 Å². The highest BCUT2D eigenvalue weighted by molar-refractivity contribution is 7.48. The van der Waals surface area contributed by atoms with Crippen LogP contribution in [0.4, 0.5) is 5.82 Å². The molecule has 1 aliphatic rings. The van der Waals surface area contributed by atoms with Crippen molar-refractivity contribution in [3.63, 3.8) is 0 Å². The SMILES string of the molecule is CC(=O)Nc1nc(OCc2ccccc2)c(C)nc1[C@@H]1O[C@H](COP(=O)(OCc2ccccc2)OCc2ccccc2)[C@@H](OP(=O)(OCc2ccccc2)OCc2ccccc2)[C@H]1OC(=O)c1ccccc1. The highest BCUT2D eigenvalue weighted by Crippen LogP contribution is 2.57. The van der Waals surface area contributed by atoms with Crippen LogP contribution in [0.15, 0.2) is 182 Å². The first-order valence-corrected chi connectivity index (χ1v) is 25.9. The molecule has 0 spiro atoms. The van der Waals surface area contributed by atoms with Crippen LogP contribution in [0.2, 0.25) is 0 Å². The van der Waals surface area contributed by atoms with Crippen LogP contribution in [-0.4, -0.2) is 46.8 Å². The van der Waals surface area contributed by atoms with Gasteiger partial charge in [0.2, 0.25) is 11.8 Å². The number of rotatable bonds is 24. The molecule has 7 aromatic rings. The van der Waals surface area contributed by atoms with E-state index in [4.69, 9.17) is 46.3 Å². The number of nitrogens with one attached hydrogen (secondary N) is 1. The second-order valence-electron chi connectivity index (χ2n) is 16.4. The first-order valence-electron chi connectivity index (χ1n) is 23.0. The molecule has 8 rings (SSSR count). The van der Waals surface area contributed by atoms with Gasteiger partial charge in [-0.15, -0.1) is 0 Å². The van der Waals surface area contributed by atoms with Crippen molar-refractivity contribution in [2.75, 3.05) is 11.9 Å². The van der Waals surface area contributed by atoms with E-state index in [-0.39, 0.29) is 61.7 Å². The average Bonchev–Trinajstić information content (AvgIpc) is 3.74. The van der Waals surface area contributed by atoms with Crippen LogP contribution >= 0.6 is 15.6 Å². The Hall–Kier alpha value is -6.68. The van der Waals surface area contributed by atoms with Crippen molar-refractivity contribution in [3.8, 4) is 5.88 Å². The fourth-order valence-corrected chi connectivity index (χ4v) is 9.91. The fraction of sp³-hybridized carbons (Fsp3) is 0.222. The molecule has 2 heterocycles. The Morgan fingerprint density at radius 2 is 0.958 bits per heavy atom. The highest BCUT2D eigenvalue weighted by Gasteiger charge is 2.54. The van der Waals surface area contributed by atoms with Crippen molar-refractivity contribution in [2.24, 2.45) is 0 Å². The summed E-state index contributed by atoms with van der Waals surface area (Å²) in [7, 11) is -9.28. The number of carbonyl (C=O) groups is 2. The van der Waals surface area contributed by atoms with Gasteiger partial charge in [-0.1, -0.05) is 170 Å². The highest BCUT2D eigenvalue weighted by atomic mass is 31.2. The maximum absolute atomic E-state index is 15.3. The molecule has 372 valence electrons. The third-order valence-corrected chi connectivity index (χ3v) is 13.7. The summed E-state index contributed by atoms with van der Waals surface area (Å²) >= 11 is 0. The Bertz CT molecular complexity index is 2830. The standard InChI is InChI=1S/C54H53N3O13P2/c1-39-53(62-33-41-21-9-3-10-22-41)57-52(56-40(2)58)48(55-39)50-51(69-54(59)46-31-19-8-20-32-46)49(70-72(61,65-36-44-27-15-6-16-28-44)66-37-45-29-17-7-18-30-45)47(68-50)38-67-71(60,63-34-42-23-11-4-12-24-42)64-35-43-25-13-5-14-26-43/h3-32,47,49-51H,33-38H2,1-2H3,(H,56,57,58)/t47-,49-,50+,51-/m1/s1. The molecule has 0 saturated carbocycles. The quantitative estimate of drug-likeness (QED) is 0.0444. The number of benzene rings is 6. The number of phosphoric ester groups is 2. The summed E-state index contributed by atoms with van der Waals surface area (Å²) in [6.07, 6.45) is -6.09. The van der Waals surface area contributed by atoms with Gasteiger partial charge in [-0.05, 0) is 46.9 Å². The van der Waals surface area contributed by atoms with Crippen LogP contribution in [0.1, 0.15) is 62.6 Å². The summed E-state index contributed by atoms with van der Waals surface area (Å²) in [6.45, 7) is 1.64. The van der Waals surface area contributed by atoms with E-state index in [1.165, 1.54) is 6.92 Å². The number of hydrogen-bond acceptors (Lipinski definition) is 15. The molecular formula is C54H53N3O13P2. The lowest BCUT2D eigenvalue weighted by atomic mass is 10.0. The third-order valence-electron chi connectivity index (χ3n) is 11.0. The largest absolute Gasteiger partial charge is 0.475 e. The molecule has 0 radical (unpaired) electrons. The van der Waals surface area contributed by atoms with Crippen LogP contribution in [0.25, 0.3) is 0 Å². The van der Waals surface area contributed by atoms with Gasteiger partial charge in [-0.25, -0.2) is 18.9 Å². The molecule has 16 nitrogen and oxygen atoms in total. The number of phosphoric acid groups is 2. The van der Waals surface area contributed by atoms with E-state index < -0.39 is 58.5 Å².